The van der Waals surface area contributed by atoms with Gasteiger partial charge in [0.15, 0.2) is 0 Å². The van der Waals surface area contributed by atoms with E-state index < -0.39 is 5.54 Å². The van der Waals surface area contributed by atoms with Crippen molar-refractivity contribution >= 4 is 11.7 Å². The standard InChI is InChI=1S/C17H24FNO2/c1-3-21-16(20)17(11-4-5-13(2)10-12-17)19-15-8-6-14(18)7-9-15/h6-9,13,19H,3-5,10-12H2,1-2H3. The molecule has 2 atom stereocenters. The van der Waals surface area contributed by atoms with Crippen LogP contribution in [-0.4, -0.2) is 18.1 Å². The molecule has 4 heteroatoms. The molecule has 0 aromatic heterocycles. The van der Waals surface area contributed by atoms with Crippen molar-refractivity contribution in [2.24, 2.45) is 5.92 Å². The van der Waals surface area contributed by atoms with Gasteiger partial charge in [-0.1, -0.05) is 19.8 Å². The van der Waals surface area contributed by atoms with Crippen molar-refractivity contribution in [1.29, 1.82) is 0 Å². The summed E-state index contributed by atoms with van der Waals surface area (Å²) in [6.07, 6.45) is 4.63. The molecule has 1 N–H and O–H groups in total. The molecule has 0 spiro atoms. The summed E-state index contributed by atoms with van der Waals surface area (Å²) in [7, 11) is 0. The summed E-state index contributed by atoms with van der Waals surface area (Å²) in [5.41, 5.74) is 0.0810. The third-order valence-electron chi connectivity index (χ3n) is 4.26. The molecule has 0 radical (unpaired) electrons. The molecule has 116 valence electrons. The van der Waals surface area contributed by atoms with E-state index in [0.29, 0.717) is 12.5 Å². The Bertz CT molecular complexity index is 474. The van der Waals surface area contributed by atoms with Crippen molar-refractivity contribution in [3.63, 3.8) is 0 Å². The molecule has 1 fully saturated rings. The van der Waals surface area contributed by atoms with E-state index in [4.69, 9.17) is 4.74 Å². The van der Waals surface area contributed by atoms with E-state index in [0.717, 1.165) is 37.8 Å². The van der Waals surface area contributed by atoms with Gasteiger partial charge in [-0.25, -0.2) is 9.18 Å². The van der Waals surface area contributed by atoms with E-state index in [1.165, 1.54) is 12.1 Å². The molecule has 1 saturated carbocycles. The van der Waals surface area contributed by atoms with Crippen LogP contribution in [0.15, 0.2) is 24.3 Å². The van der Waals surface area contributed by atoms with Gasteiger partial charge in [-0.3, -0.25) is 0 Å². The molecular formula is C17H24FNO2. The normalized spacial score (nSPS) is 26.0. The van der Waals surface area contributed by atoms with Gasteiger partial charge in [0.1, 0.15) is 11.4 Å². The SMILES string of the molecule is CCOC(=O)C1(Nc2ccc(F)cc2)CCCC(C)CC1. The number of hydrogen-bond donors (Lipinski definition) is 1. The van der Waals surface area contributed by atoms with Crippen molar-refractivity contribution in [3.05, 3.63) is 30.1 Å². The number of ether oxygens (including phenoxy) is 1. The fourth-order valence-corrected chi connectivity index (χ4v) is 2.97. The minimum absolute atomic E-state index is 0.191. The van der Waals surface area contributed by atoms with Crippen LogP contribution in [0.2, 0.25) is 0 Å². The Balaban J connectivity index is 2.22. The molecule has 3 nitrogen and oxygen atoms in total. The third-order valence-corrected chi connectivity index (χ3v) is 4.26. The molecular weight excluding hydrogens is 269 g/mol. The summed E-state index contributed by atoms with van der Waals surface area (Å²) >= 11 is 0. The summed E-state index contributed by atoms with van der Waals surface area (Å²) in [6.45, 7) is 4.42. The first-order valence-electron chi connectivity index (χ1n) is 7.77. The van der Waals surface area contributed by atoms with Gasteiger partial charge in [0.05, 0.1) is 6.61 Å². The molecule has 0 amide bonds. The van der Waals surface area contributed by atoms with Crippen molar-refractivity contribution in [2.75, 3.05) is 11.9 Å². The molecule has 0 aliphatic heterocycles. The second-order valence-corrected chi connectivity index (χ2v) is 5.97. The summed E-state index contributed by atoms with van der Waals surface area (Å²) < 4.78 is 18.3. The van der Waals surface area contributed by atoms with Crippen molar-refractivity contribution in [2.45, 2.75) is 51.5 Å². The topological polar surface area (TPSA) is 38.3 Å². The van der Waals surface area contributed by atoms with Crippen molar-refractivity contribution in [3.8, 4) is 0 Å². The molecule has 0 heterocycles. The lowest BCUT2D eigenvalue weighted by atomic mass is 9.89. The summed E-state index contributed by atoms with van der Waals surface area (Å²) in [4.78, 5) is 12.5. The number of rotatable bonds is 4. The lowest BCUT2D eigenvalue weighted by Crippen LogP contribution is -2.47. The van der Waals surface area contributed by atoms with Crippen LogP contribution in [0.4, 0.5) is 10.1 Å². The van der Waals surface area contributed by atoms with Crippen LogP contribution in [0.3, 0.4) is 0 Å². The average Bonchev–Trinajstić information content (AvgIpc) is 2.65. The highest BCUT2D eigenvalue weighted by Gasteiger charge is 2.40. The Kier molecular flexibility index (Phi) is 5.21. The zero-order chi connectivity index (χ0) is 15.3. The summed E-state index contributed by atoms with van der Waals surface area (Å²) in [5, 5.41) is 3.33. The minimum atomic E-state index is -0.682. The van der Waals surface area contributed by atoms with Gasteiger partial charge < -0.3 is 10.1 Å². The first kappa shape index (κ1) is 15.8. The van der Waals surface area contributed by atoms with E-state index in [1.54, 1.807) is 12.1 Å². The fourth-order valence-electron chi connectivity index (χ4n) is 2.97. The van der Waals surface area contributed by atoms with Gasteiger partial charge in [-0.05, 0) is 56.4 Å². The first-order chi connectivity index (χ1) is 10.1. The van der Waals surface area contributed by atoms with Crippen LogP contribution in [-0.2, 0) is 9.53 Å². The Morgan fingerprint density at radius 3 is 2.71 bits per heavy atom. The van der Waals surface area contributed by atoms with E-state index in [-0.39, 0.29) is 11.8 Å². The van der Waals surface area contributed by atoms with E-state index in [9.17, 15) is 9.18 Å². The van der Waals surface area contributed by atoms with Gasteiger partial charge in [-0.15, -0.1) is 0 Å². The molecule has 1 aliphatic carbocycles. The second kappa shape index (κ2) is 6.92. The van der Waals surface area contributed by atoms with Crippen molar-refractivity contribution < 1.29 is 13.9 Å². The van der Waals surface area contributed by atoms with Gasteiger partial charge in [-0.2, -0.15) is 0 Å². The number of carbonyl (C=O) groups excluding carboxylic acids is 1. The Labute approximate surface area is 125 Å². The number of benzene rings is 1. The van der Waals surface area contributed by atoms with Crippen LogP contribution in [0.1, 0.15) is 46.0 Å². The zero-order valence-corrected chi connectivity index (χ0v) is 12.8. The van der Waals surface area contributed by atoms with Crippen LogP contribution in [0.5, 0.6) is 0 Å². The van der Waals surface area contributed by atoms with Crippen LogP contribution in [0, 0.1) is 11.7 Å². The first-order valence-corrected chi connectivity index (χ1v) is 7.77. The molecule has 0 bridgehead atoms. The maximum Gasteiger partial charge on any atom is 0.331 e. The molecule has 21 heavy (non-hydrogen) atoms. The number of nitrogens with one attached hydrogen (secondary N) is 1. The largest absolute Gasteiger partial charge is 0.464 e. The molecule has 1 aromatic rings. The maximum atomic E-state index is 13.0. The van der Waals surface area contributed by atoms with Crippen molar-refractivity contribution in [1.82, 2.24) is 0 Å². The van der Waals surface area contributed by atoms with Gasteiger partial charge in [0.2, 0.25) is 0 Å². The smallest absolute Gasteiger partial charge is 0.331 e. The Morgan fingerprint density at radius 1 is 1.33 bits per heavy atom. The van der Waals surface area contributed by atoms with Crippen LogP contribution in [0.25, 0.3) is 0 Å². The van der Waals surface area contributed by atoms with Gasteiger partial charge in [0, 0.05) is 5.69 Å². The third kappa shape index (κ3) is 3.96. The summed E-state index contributed by atoms with van der Waals surface area (Å²) in [6, 6.07) is 6.15. The molecule has 1 aromatic carbocycles. The number of halogens is 1. The van der Waals surface area contributed by atoms with Gasteiger partial charge >= 0.3 is 5.97 Å². The van der Waals surface area contributed by atoms with E-state index >= 15 is 0 Å². The molecule has 2 rings (SSSR count). The van der Waals surface area contributed by atoms with Gasteiger partial charge in [0.25, 0.3) is 0 Å². The molecule has 1 aliphatic rings. The van der Waals surface area contributed by atoms with E-state index in [2.05, 4.69) is 12.2 Å². The maximum absolute atomic E-state index is 13.0. The molecule has 0 saturated heterocycles. The molecule has 2 unspecified atom stereocenters. The van der Waals surface area contributed by atoms with E-state index in [1.807, 2.05) is 6.92 Å². The quantitative estimate of drug-likeness (QED) is 0.670. The zero-order valence-electron chi connectivity index (χ0n) is 12.8. The second-order valence-electron chi connectivity index (χ2n) is 5.97. The Morgan fingerprint density at radius 2 is 2.05 bits per heavy atom. The predicted molar refractivity (Wildman–Crippen MR) is 81.6 cm³/mol. The lowest BCUT2D eigenvalue weighted by Gasteiger charge is -2.32. The monoisotopic (exact) mass is 293 g/mol. The average molecular weight is 293 g/mol. The Hall–Kier alpha value is -1.58. The fraction of sp³-hybridized carbons (Fsp3) is 0.588. The minimum Gasteiger partial charge on any atom is -0.464 e. The number of hydrogen-bond acceptors (Lipinski definition) is 3. The summed E-state index contributed by atoms with van der Waals surface area (Å²) in [5.74, 6) is 0.153. The predicted octanol–water partition coefficient (Wildman–Crippen LogP) is 4.14. The highest BCUT2D eigenvalue weighted by atomic mass is 19.1. The number of carbonyl (C=O) groups is 1. The van der Waals surface area contributed by atoms with Crippen LogP contribution >= 0.6 is 0 Å². The lowest BCUT2D eigenvalue weighted by molar-refractivity contribution is -0.149. The number of esters is 1. The highest BCUT2D eigenvalue weighted by Crippen LogP contribution is 2.34. The van der Waals surface area contributed by atoms with Crippen LogP contribution < -0.4 is 5.32 Å². The number of anilines is 1. The highest BCUT2D eigenvalue weighted by molar-refractivity contribution is 5.84.